The number of amides is 1. The van der Waals surface area contributed by atoms with Crippen molar-refractivity contribution in [1.82, 2.24) is 4.98 Å². The number of nitrogens with zero attached hydrogens (tertiary/aromatic N) is 2. The van der Waals surface area contributed by atoms with Gasteiger partial charge in [0.25, 0.3) is 0 Å². The minimum absolute atomic E-state index is 0.178. The first-order chi connectivity index (χ1) is 14.0. The number of hydrogen-bond donors (Lipinski definition) is 1. The van der Waals surface area contributed by atoms with E-state index in [1.54, 1.807) is 6.20 Å². The average molecular weight is 440 g/mol. The molecule has 1 aromatic rings. The first kappa shape index (κ1) is 24.6. The third-order valence-electron chi connectivity index (χ3n) is 4.64. The summed E-state index contributed by atoms with van der Waals surface area (Å²) in [5, 5.41) is 2.79. The second kappa shape index (κ2) is 10.6. The quantitative estimate of drug-likeness (QED) is 0.372. The van der Waals surface area contributed by atoms with Crippen LogP contribution in [0.25, 0.3) is 0 Å². The predicted octanol–water partition coefficient (Wildman–Crippen LogP) is 4.02. The largest absolute Gasteiger partial charge is 0.444 e. The maximum absolute atomic E-state index is 12.4. The van der Waals surface area contributed by atoms with Crippen LogP contribution in [0.4, 0.5) is 16.3 Å². The van der Waals surface area contributed by atoms with Crippen LogP contribution in [0, 0.1) is 0 Å². The van der Waals surface area contributed by atoms with Gasteiger partial charge in [-0.1, -0.05) is 19.6 Å². The fraction of sp³-hybridized carbons (Fsp3) is 0.714. The highest BCUT2D eigenvalue weighted by Gasteiger charge is 2.33. The molecule has 0 aromatic carbocycles. The van der Waals surface area contributed by atoms with Gasteiger partial charge in [0.1, 0.15) is 18.2 Å². The van der Waals surface area contributed by atoms with Gasteiger partial charge in [-0.2, -0.15) is 0 Å². The van der Waals surface area contributed by atoms with E-state index in [0.717, 1.165) is 24.3 Å². The Morgan fingerprint density at radius 3 is 2.70 bits per heavy atom. The summed E-state index contributed by atoms with van der Waals surface area (Å²) < 4.78 is 22.5. The number of hydrogen-bond acceptors (Lipinski definition) is 7. The lowest BCUT2D eigenvalue weighted by molar-refractivity contribution is -0.0569. The van der Waals surface area contributed by atoms with Crippen LogP contribution >= 0.6 is 0 Å². The van der Waals surface area contributed by atoms with Crippen LogP contribution in [-0.2, 0) is 25.6 Å². The molecular formula is C21H37N3O5Si. The molecule has 1 N–H and O–H groups in total. The number of anilines is 2. The van der Waals surface area contributed by atoms with E-state index in [1.807, 2.05) is 33.8 Å². The third-order valence-corrected chi connectivity index (χ3v) is 6.92. The number of carbonyl (C=O) groups is 1. The molecule has 2 heterocycles. The van der Waals surface area contributed by atoms with Gasteiger partial charge < -0.3 is 23.8 Å². The molecule has 1 atom stereocenters. The van der Waals surface area contributed by atoms with Crippen molar-refractivity contribution in [2.75, 3.05) is 43.3 Å². The lowest BCUT2D eigenvalue weighted by Gasteiger charge is -2.40. The Morgan fingerprint density at radius 1 is 1.33 bits per heavy atom. The van der Waals surface area contributed by atoms with E-state index in [4.69, 9.17) is 18.9 Å². The second-order valence-corrected chi connectivity index (χ2v) is 14.8. The Balaban J connectivity index is 2.28. The molecule has 0 bridgehead atoms. The van der Waals surface area contributed by atoms with Gasteiger partial charge in [-0.05, 0) is 33.8 Å². The number of rotatable bonds is 8. The fourth-order valence-corrected chi connectivity index (χ4v) is 4.49. The van der Waals surface area contributed by atoms with Crippen molar-refractivity contribution in [3.8, 4) is 0 Å². The van der Waals surface area contributed by atoms with Crippen molar-refractivity contribution in [3.05, 3.63) is 17.8 Å². The van der Waals surface area contributed by atoms with Gasteiger partial charge in [0.2, 0.25) is 0 Å². The van der Waals surface area contributed by atoms with Crippen LogP contribution in [0.3, 0.4) is 0 Å². The SMILES string of the molecule is CCOCOCc1c(N2CCOC([Si](C)(C)C)C2)ccnc1NC(=O)OC(C)(C)C. The van der Waals surface area contributed by atoms with Crippen molar-refractivity contribution in [3.63, 3.8) is 0 Å². The van der Waals surface area contributed by atoms with E-state index in [1.165, 1.54) is 0 Å². The fourth-order valence-electron chi connectivity index (χ4n) is 3.11. The first-order valence-electron chi connectivity index (χ1n) is 10.5. The third kappa shape index (κ3) is 7.53. The highest BCUT2D eigenvalue weighted by atomic mass is 28.3. The van der Waals surface area contributed by atoms with Crippen molar-refractivity contribution >= 4 is 25.7 Å². The standard InChI is InChI=1S/C21H37N3O5Si/c1-8-26-15-27-14-16-17(24-11-12-28-18(13-24)30(5,6)7)9-10-22-19(16)23-20(25)29-21(2,3)4/h9-10,18H,8,11-15H2,1-7H3,(H,22,23,25). The molecule has 9 heteroatoms. The zero-order valence-electron chi connectivity index (χ0n) is 19.4. The van der Waals surface area contributed by atoms with Crippen molar-refractivity contribution < 1.29 is 23.7 Å². The topological polar surface area (TPSA) is 82.2 Å². The molecule has 0 spiro atoms. The Bertz CT molecular complexity index is 703. The normalized spacial score (nSPS) is 17.7. The van der Waals surface area contributed by atoms with Gasteiger partial charge in [-0.25, -0.2) is 9.78 Å². The van der Waals surface area contributed by atoms with Gasteiger partial charge in [0, 0.05) is 37.1 Å². The van der Waals surface area contributed by atoms with E-state index in [0.29, 0.717) is 19.0 Å². The van der Waals surface area contributed by atoms with Crippen LogP contribution in [0.15, 0.2) is 12.3 Å². The molecule has 1 amide bonds. The average Bonchev–Trinajstić information content (AvgIpc) is 2.64. The summed E-state index contributed by atoms with van der Waals surface area (Å²) in [6.07, 6.45) is 1.16. The molecule has 1 unspecified atom stereocenters. The maximum atomic E-state index is 12.4. The number of ether oxygens (including phenoxy) is 4. The number of nitrogens with one attached hydrogen (secondary N) is 1. The van der Waals surface area contributed by atoms with Crippen LogP contribution in [-0.4, -0.2) is 63.6 Å². The number of aromatic nitrogens is 1. The van der Waals surface area contributed by atoms with Crippen molar-refractivity contribution in [2.45, 2.75) is 65.3 Å². The molecular weight excluding hydrogens is 402 g/mol. The summed E-state index contributed by atoms with van der Waals surface area (Å²) in [6, 6.07) is 1.96. The number of carbonyl (C=O) groups excluding carboxylic acids is 1. The molecule has 30 heavy (non-hydrogen) atoms. The number of morpholine rings is 1. The molecule has 0 radical (unpaired) electrons. The Morgan fingerprint density at radius 2 is 2.07 bits per heavy atom. The van der Waals surface area contributed by atoms with Gasteiger partial charge in [0.15, 0.2) is 0 Å². The van der Waals surface area contributed by atoms with E-state index >= 15 is 0 Å². The summed E-state index contributed by atoms with van der Waals surface area (Å²) >= 11 is 0. The summed E-state index contributed by atoms with van der Waals surface area (Å²) in [4.78, 5) is 19.0. The van der Waals surface area contributed by atoms with Gasteiger partial charge in [-0.3, -0.25) is 5.32 Å². The summed E-state index contributed by atoms with van der Waals surface area (Å²) in [5.74, 6) is 0.439. The van der Waals surface area contributed by atoms with Gasteiger partial charge >= 0.3 is 6.09 Å². The van der Waals surface area contributed by atoms with Crippen molar-refractivity contribution in [2.24, 2.45) is 0 Å². The minimum atomic E-state index is -1.47. The molecule has 1 aliphatic heterocycles. The molecule has 0 aliphatic carbocycles. The smallest absolute Gasteiger partial charge is 0.413 e. The molecule has 0 saturated carbocycles. The molecule has 2 rings (SSSR count). The molecule has 1 aromatic heterocycles. The molecule has 1 saturated heterocycles. The lowest BCUT2D eigenvalue weighted by Crippen LogP contribution is -2.53. The summed E-state index contributed by atoms with van der Waals surface area (Å²) in [5.41, 5.74) is 1.43. The van der Waals surface area contributed by atoms with E-state index in [9.17, 15) is 4.79 Å². The molecule has 8 nitrogen and oxygen atoms in total. The van der Waals surface area contributed by atoms with Crippen LogP contribution in [0.1, 0.15) is 33.3 Å². The minimum Gasteiger partial charge on any atom is -0.444 e. The predicted molar refractivity (Wildman–Crippen MR) is 121 cm³/mol. The van der Waals surface area contributed by atoms with Gasteiger partial charge in [-0.15, -0.1) is 0 Å². The Kier molecular flexibility index (Phi) is 8.66. The summed E-state index contributed by atoms with van der Waals surface area (Å²) in [6.45, 7) is 17.6. The van der Waals surface area contributed by atoms with Gasteiger partial charge in [0.05, 0.1) is 27.0 Å². The maximum Gasteiger partial charge on any atom is 0.413 e. The van der Waals surface area contributed by atoms with E-state index in [2.05, 4.69) is 34.8 Å². The molecule has 170 valence electrons. The van der Waals surface area contributed by atoms with E-state index < -0.39 is 19.8 Å². The Labute approximate surface area is 181 Å². The highest BCUT2D eigenvalue weighted by molar-refractivity contribution is 6.77. The lowest BCUT2D eigenvalue weighted by atomic mass is 10.2. The van der Waals surface area contributed by atoms with Crippen LogP contribution in [0.2, 0.25) is 19.6 Å². The number of pyridine rings is 1. The zero-order chi connectivity index (χ0) is 22.4. The van der Waals surface area contributed by atoms with Crippen LogP contribution < -0.4 is 10.2 Å². The van der Waals surface area contributed by atoms with Crippen molar-refractivity contribution in [1.29, 1.82) is 0 Å². The Hall–Kier alpha value is -1.68. The second-order valence-electron chi connectivity index (χ2n) is 9.41. The highest BCUT2D eigenvalue weighted by Crippen LogP contribution is 2.30. The zero-order valence-corrected chi connectivity index (χ0v) is 20.4. The monoisotopic (exact) mass is 439 g/mol. The van der Waals surface area contributed by atoms with Crippen LogP contribution in [0.5, 0.6) is 0 Å². The molecule has 1 aliphatic rings. The first-order valence-corrected chi connectivity index (χ1v) is 14.1. The summed E-state index contributed by atoms with van der Waals surface area (Å²) in [7, 11) is -1.47. The molecule has 1 fully saturated rings. The van der Waals surface area contributed by atoms with E-state index in [-0.39, 0.29) is 19.1 Å².